The third-order valence-corrected chi connectivity index (χ3v) is 1.48. The SMILES string of the molecule is O=C1N=C2C(=O)OCN=C2C(=O)N1. The zero-order valence-corrected chi connectivity index (χ0v) is 6.23. The van der Waals surface area contributed by atoms with Crippen LogP contribution in [0.2, 0.25) is 0 Å². The summed E-state index contributed by atoms with van der Waals surface area (Å²) in [5.74, 6) is -1.51. The third-order valence-electron chi connectivity index (χ3n) is 1.48. The van der Waals surface area contributed by atoms with E-state index in [1.165, 1.54) is 0 Å². The molecule has 7 heteroatoms. The van der Waals surface area contributed by atoms with E-state index in [9.17, 15) is 14.4 Å². The molecule has 3 amide bonds. The van der Waals surface area contributed by atoms with Gasteiger partial charge >= 0.3 is 12.0 Å². The van der Waals surface area contributed by atoms with Gasteiger partial charge in [-0.15, -0.1) is 0 Å². The molecule has 0 saturated carbocycles. The van der Waals surface area contributed by atoms with E-state index >= 15 is 0 Å². The molecule has 0 aromatic rings. The van der Waals surface area contributed by atoms with Crippen molar-refractivity contribution in [1.82, 2.24) is 5.32 Å². The summed E-state index contributed by atoms with van der Waals surface area (Å²) in [5.41, 5.74) is -0.462. The van der Waals surface area contributed by atoms with Crippen LogP contribution in [-0.2, 0) is 14.3 Å². The average molecular weight is 181 g/mol. The van der Waals surface area contributed by atoms with Gasteiger partial charge in [-0.25, -0.2) is 14.6 Å². The van der Waals surface area contributed by atoms with Crippen LogP contribution >= 0.6 is 0 Å². The molecule has 0 aromatic heterocycles. The maximum absolute atomic E-state index is 11.0. The van der Waals surface area contributed by atoms with E-state index in [-0.39, 0.29) is 18.2 Å². The fourth-order valence-electron chi connectivity index (χ4n) is 0.959. The summed E-state index contributed by atoms with van der Waals surface area (Å²) >= 11 is 0. The van der Waals surface area contributed by atoms with E-state index in [0.717, 1.165) is 0 Å². The number of imide groups is 1. The Kier molecular flexibility index (Phi) is 1.44. The van der Waals surface area contributed by atoms with Crippen LogP contribution < -0.4 is 5.32 Å². The van der Waals surface area contributed by atoms with Crippen molar-refractivity contribution in [2.24, 2.45) is 9.98 Å². The number of cyclic esters (lactones) is 1. The number of hydrogen-bond donors (Lipinski definition) is 1. The van der Waals surface area contributed by atoms with Gasteiger partial charge in [0.15, 0.2) is 18.2 Å². The molecule has 2 aliphatic heterocycles. The second kappa shape index (κ2) is 2.47. The molecular weight excluding hydrogens is 178 g/mol. The topological polar surface area (TPSA) is 97.2 Å². The van der Waals surface area contributed by atoms with Crippen LogP contribution in [0.25, 0.3) is 0 Å². The molecule has 2 heterocycles. The average Bonchev–Trinajstić information content (AvgIpc) is 2.07. The van der Waals surface area contributed by atoms with Crippen molar-refractivity contribution >= 4 is 29.3 Å². The maximum atomic E-state index is 11.0. The number of amides is 3. The van der Waals surface area contributed by atoms with Gasteiger partial charge in [-0.3, -0.25) is 10.1 Å². The molecule has 2 rings (SSSR count). The van der Waals surface area contributed by atoms with E-state index in [2.05, 4.69) is 14.7 Å². The van der Waals surface area contributed by atoms with Crippen LogP contribution in [0.1, 0.15) is 0 Å². The van der Waals surface area contributed by atoms with Gasteiger partial charge in [-0.1, -0.05) is 0 Å². The molecule has 66 valence electrons. The fraction of sp³-hybridized carbons (Fsp3) is 0.167. The van der Waals surface area contributed by atoms with Crippen LogP contribution in [0.15, 0.2) is 9.98 Å². The number of ether oxygens (including phenoxy) is 1. The number of nitrogens with one attached hydrogen (secondary N) is 1. The van der Waals surface area contributed by atoms with Gasteiger partial charge < -0.3 is 4.74 Å². The van der Waals surface area contributed by atoms with Crippen LogP contribution in [0.4, 0.5) is 4.79 Å². The number of fused-ring (bicyclic) bond motifs is 1. The molecule has 7 nitrogen and oxygen atoms in total. The van der Waals surface area contributed by atoms with Crippen molar-refractivity contribution in [3.05, 3.63) is 0 Å². The first-order chi connectivity index (χ1) is 6.18. The van der Waals surface area contributed by atoms with E-state index < -0.39 is 17.9 Å². The Hall–Kier alpha value is -2.05. The van der Waals surface area contributed by atoms with Crippen molar-refractivity contribution in [3.63, 3.8) is 0 Å². The van der Waals surface area contributed by atoms with E-state index in [1.54, 1.807) is 0 Å². The van der Waals surface area contributed by atoms with Crippen molar-refractivity contribution in [3.8, 4) is 0 Å². The molecule has 0 saturated heterocycles. The van der Waals surface area contributed by atoms with Gasteiger partial charge in [0.2, 0.25) is 0 Å². The summed E-state index contributed by atoms with van der Waals surface area (Å²) in [6, 6.07) is -0.877. The van der Waals surface area contributed by atoms with Gasteiger partial charge in [0.25, 0.3) is 5.91 Å². The van der Waals surface area contributed by atoms with Gasteiger partial charge in [0.05, 0.1) is 0 Å². The number of carbonyl (C=O) groups is 3. The molecule has 0 unspecified atom stereocenters. The lowest BCUT2D eigenvalue weighted by molar-refractivity contribution is -0.135. The quantitative estimate of drug-likeness (QED) is 0.466. The highest BCUT2D eigenvalue weighted by Crippen LogP contribution is 2.02. The summed E-state index contributed by atoms with van der Waals surface area (Å²) in [6.07, 6.45) is 0. The van der Waals surface area contributed by atoms with Crippen LogP contribution in [0, 0.1) is 0 Å². The minimum atomic E-state index is -0.877. The predicted molar refractivity (Wildman–Crippen MR) is 39.4 cm³/mol. The molecule has 0 aromatic carbocycles. The van der Waals surface area contributed by atoms with Crippen molar-refractivity contribution < 1.29 is 19.1 Å². The Morgan fingerprint density at radius 3 is 2.77 bits per heavy atom. The van der Waals surface area contributed by atoms with Crippen LogP contribution in [0.3, 0.4) is 0 Å². The van der Waals surface area contributed by atoms with Gasteiger partial charge in [-0.05, 0) is 0 Å². The number of urea groups is 1. The van der Waals surface area contributed by atoms with Gasteiger partial charge in [0, 0.05) is 0 Å². The first-order valence-corrected chi connectivity index (χ1v) is 3.34. The smallest absolute Gasteiger partial charge is 0.361 e. The highest BCUT2D eigenvalue weighted by molar-refractivity contribution is 6.82. The zero-order chi connectivity index (χ0) is 9.42. The summed E-state index contributed by atoms with van der Waals surface area (Å²) in [6.45, 7) is -0.213. The molecule has 1 N–H and O–H groups in total. The molecular formula is C6H3N3O4. The monoisotopic (exact) mass is 181 g/mol. The lowest BCUT2D eigenvalue weighted by Crippen LogP contribution is -2.48. The fourth-order valence-corrected chi connectivity index (χ4v) is 0.959. The molecule has 0 atom stereocenters. The second-order valence-electron chi connectivity index (χ2n) is 2.29. The summed E-state index contributed by atoms with van der Waals surface area (Å²) in [7, 11) is 0. The third kappa shape index (κ3) is 1.10. The zero-order valence-electron chi connectivity index (χ0n) is 6.23. The van der Waals surface area contributed by atoms with Gasteiger partial charge in [0.1, 0.15) is 0 Å². The lowest BCUT2D eigenvalue weighted by Gasteiger charge is -2.16. The Balaban J connectivity index is 2.53. The largest absolute Gasteiger partial charge is 0.438 e. The Labute approximate surface area is 71.5 Å². The summed E-state index contributed by atoms with van der Waals surface area (Å²) in [5, 5.41) is 1.90. The Morgan fingerprint density at radius 1 is 1.23 bits per heavy atom. The highest BCUT2D eigenvalue weighted by atomic mass is 16.5. The second-order valence-corrected chi connectivity index (χ2v) is 2.29. The van der Waals surface area contributed by atoms with Crippen LogP contribution in [-0.4, -0.2) is 36.1 Å². The normalized spacial score (nSPS) is 21.1. The Morgan fingerprint density at radius 2 is 2.00 bits per heavy atom. The number of rotatable bonds is 0. The maximum Gasteiger partial charge on any atom is 0.361 e. The van der Waals surface area contributed by atoms with E-state index in [1.807, 2.05) is 5.32 Å². The summed E-state index contributed by atoms with van der Waals surface area (Å²) in [4.78, 5) is 39.6. The number of aliphatic imine (C=N–C) groups is 2. The standard InChI is InChI=1S/C6H3N3O4/c10-4-2-3(8-6(12)9-4)5(11)13-1-7-2/h1H2,(H,9,10,12). The molecule has 2 aliphatic rings. The van der Waals surface area contributed by atoms with Crippen LogP contribution in [0.5, 0.6) is 0 Å². The number of carbonyl (C=O) groups excluding carboxylic acids is 3. The van der Waals surface area contributed by atoms with Gasteiger partial charge in [-0.2, -0.15) is 4.99 Å². The molecule has 0 radical (unpaired) electrons. The van der Waals surface area contributed by atoms with E-state index in [4.69, 9.17) is 0 Å². The number of nitrogens with zero attached hydrogens (tertiary/aromatic N) is 2. The predicted octanol–water partition coefficient (Wildman–Crippen LogP) is -1.37. The minimum Gasteiger partial charge on any atom is -0.438 e. The first-order valence-electron chi connectivity index (χ1n) is 3.34. The highest BCUT2D eigenvalue weighted by Gasteiger charge is 2.34. The molecule has 0 aliphatic carbocycles. The van der Waals surface area contributed by atoms with E-state index in [0.29, 0.717) is 0 Å². The van der Waals surface area contributed by atoms with Crippen molar-refractivity contribution in [1.29, 1.82) is 0 Å². The van der Waals surface area contributed by atoms with Crippen molar-refractivity contribution in [2.75, 3.05) is 6.73 Å². The first kappa shape index (κ1) is 7.59. The van der Waals surface area contributed by atoms with Crippen molar-refractivity contribution in [2.45, 2.75) is 0 Å². The molecule has 13 heavy (non-hydrogen) atoms. The molecule has 0 fully saturated rings. The molecule has 0 spiro atoms. The molecule has 0 bridgehead atoms. The summed E-state index contributed by atoms with van der Waals surface area (Å²) < 4.78 is 4.45. The lowest BCUT2D eigenvalue weighted by atomic mass is 10.2. The number of hydrogen-bond acceptors (Lipinski definition) is 5. The minimum absolute atomic E-state index is 0.143. The number of esters is 1. The Bertz CT molecular complexity index is 381.